The number of ether oxygens (including phenoxy) is 1. The first kappa shape index (κ1) is 25.3. The number of hydrogen-bond acceptors (Lipinski definition) is 5. The highest BCUT2D eigenvalue weighted by Gasteiger charge is 2.45. The van der Waals surface area contributed by atoms with Crippen molar-refractivity contribution < 1.29 is 33.4 Å². The Bertz CT molecular complexity index is 1130. The average molecular weight is 498 g/mol. The fourth-order valence-electron chi connectivity index (χ4n) is 4.54. The van der Waals surface area contributed by atoms with Crippen LogP contribution in [0, 0.1) is 12.7 Å². The molecule has 0 aliphatic carbocycles. The normalized spacial score (nSPS) is 20.3. The molecular weight excluding hydrogens is 469 g/mol. The van der Waals surface area contributed by atoms with Gasteiger partial charge in [-0.3, -0.25) is 19.2 Å². The summed E-state index contributed by atoms with van der Waals surface area (Å²) >= 11 is 0. The summed E-state index contributed by atoms with van der Waals surface area (Å²) in [7, 11) is 0. The predicted octanol–water partition coefficient (Wildman–Crippen LogP) is 2.26. The van der Waals surface area contributed by atoms with E-state index in [0.717, 1.165) is 12.0 Å². The van der Waals surface area contributed by atoms with Crippen LogP contribution in [0.25, 0.3) is 0 Å². The number of halogens is 1. The quantitative estimate of drug-likeness (QED) is 0.606. The van der Waals surface area contributed by atoms with Crippen LogP contribution < -0.4 is 5.32 Å². The molecule has 2 fully saturated rings. The van der Waals surface area contributed by atoms with Gasteiger partial charge < -0.3 is 25.0 Å². The lowest BCUT2D eigenvalue weighted by Crippen LogP contribution is -2.56. The maximum Gasteiger partial charge on any atom is 0.305 e. The summed E-state index contributed by atoms with van der Waals surface area (Å²) in [5, 5.41) is 12.1. The Hall–Kier alpha value is -3.79. The third-order valence-corrected chi connectivity index (χ3v) is 6.42. The number of carboxylic acid groups (broad SMARTS) is 1. The number of amides is 3. The van der Waals surface area contributed by atoms with E-state index in [1.807, 2.05) is 6.92 Å². The van der Waals surface area contributed by atoms with Gasteiger partial charge in [0.05, 0.1) is 12.5 Å². The van der Waals surface area contributed by atoms with E-state index in [1.165, 1.54) is 34.1 Å². The minimum Gasteiger partial charge on any atom is -0.481 e. The summed E-state index contributed by atoms with van der Waals surface area (Å²) in [6.45, 7) is 2.59. The van der Waals surface area contributed by atoms with Gasteiger partial charge in [-0.1, -0.05) is 29.8 Å². The highest BCUT2D eigenvalue weighted by Crippen LogP contribution is 2.25. The Balaban J connectivity index is 1.63. The lowest BCUT2D eigenvalue weighted by atomic mass is 10.0. The zero-order valence-electron chi connectivity index (χ0n) is 19.9. The van der Waals surface area contributed by atoms with E-state index in [-0.39, 0.29) is 19.0 Å². The van der Waals surface area contributed by atoms with Crippen molar-refractivity contribution in [3.63, 3.8) is 0 Å². The van der Waals surface area contributed by atoms with Crippen molar-refractivity contribution in [1.29, 1.82) is 0 Å². The molecule has 190 valence electrons. The van der Waals surface area contributed by atoms with Crippen molar-refractivity contribution in [2.45, 2.75) is 44.5 Å². The van der Waals surface area contributed by atoms with Crippen LogP contribution in [0.4, 0.5) is 4.39 Å². The molecule has 2 N–H and O–H groups in total. The van der Waals surface area contributed by atoms with E-state index in [4.69, 9.17) is 4.74 Å². The van der Waals surface area contributed by atoms with Crippen LogP contribution in [-0.4, -0.2) is 70.6 Å². The minimum absolute atomic E-state index is 0.128. The maximum atomic E-state index is 13.6. The summed E-state index contributed by atoms with van der Waals surface area (Å²) in [6.07, 6.45) is -1.20. The Kier molecular flexibility index (Phi) is 7.64. The smallest absolute Gasteiger partial charge is 0.305 e. The number of aryl methyl sites for hydroxylation is 1. The molecule has 3 unspecified atom stereocenters. The number of hydrogen-bond donors (Lipinski definition) is 2. The molecule has 3 atom stereocenters. The van der Waals surface area contributed by atoms with Crippen LogP contribution in [0.2, 0.25) is 0 Å². The van der Waals surface area contributed by atoms with Crippen molar-refractivity contribution in [3.05, 3.63) is 71.0 Å². The van der Waals surface area contributed by atoms with Crippen LogP contribution in [0.15, 0.2) is 48.5 Å². The number of nitrogens with one attached hydrogen (secondary N) is 1. The fourth-order valence-corrected chi connectivity index (χ4v) is 4.54. The largest absolute Gasteiger partial charge is 0.481 e. The van der Waals surface area contributed by atoms with Gasteiger partial charge in [0, 0.05) is 25.3 Å². The number of carbonyl (C=O) groups is 4. The number of aliphatic carboxylic acids is 1. The Morgan fingerprint density at radius 2 is 1.72 bits per heavy atom. The van der Waals surface area contributed by atoms with Crippen LogP contribution in [0.3, 0.4) is 0 Å². The number of carboxylic acids is 1. The molecule has 2 saturated heterocycles. The molecule has 0 aromatic heterocycles. The van der Waals surface area contributed by atoms with Gasteiger partial charge in [-0.15, -0.1) is 0 Å². The Morgan fingerprint density at radius 1 is 1.06 bits per heavy atom. The van der Waals surface area contributed by atoms with Gasteiger partial charge in [0.2, 0.25) is 0 Å². The molecule has 36 heavy (non-hydrogen) atoms. The van der Waals surface area contributed by atoms with Crippen molar-refractivity contribution in [3.8, 4) is 0 Å². The molecule has 4 rings (SSSR count). The summed E-state index contributed by atoms with van der Waals surface area (Å²) in [5.74, 6) is -3.18. The summed E-state index contributed by atoms with van der Waals surface area (Å²) < 4.78 is 19.0. The van der Waals surface area contributed by atoms with Crippen LogP contribution >= 0.6 is 0 Å². The van der Waals surface area contributed by atoms with E-state index in [0.29, 0.717) is 24.2 Å². The molecule has 0 radical (unpaired) electrons. The van der Waals surface area contributed by atoms with Crippen molar-refractivity contribution in [2.75, 3.05) is 19.7 Å². The zero-order chi connectivity index (χ0) is 25.8. The molecule has 0 bridgehead atoms. The van der Waals surface area contributed by atoms with Crippen molar-refractivity contribution >= 4 is 23.7 Å². The zero-order valence-corrected chi connectivity index (χ0v) is 19.9. The van der Waals surface area contributed by atoms with Gasteiger partial charge in [0.15, 0.2) is 6.17 Å². The lowest BCUT2D eigenvalue weighted by molar-refractivity contribution is -0.148. The Labute approximate surface area is 207 Å². The van der Waals surface area contributed by atoms with Crippen molar-refractivity contribution in [1.82, 2.24) is 15.1 Å². The second-order valence-electron chi connectivity index (χ2n) is 8.98. The Morgan fingerprint density at radius 3 is 2.33 bits per heavy atom. The average Bonchev–Trinajstić information content (AvgIpc) is 3.54. The monoisotopic (exact) mass is 497 g/mol. The van der Waals surface area contributed by atoms with Gasteiger partial charge in [-0.25, -0.2) is 4.39 Å². The summed E-state index contributed by atoms with van der Waals surface area (Å²) in [4.78, 5) is 54.4. The molecule has 2 aliphatic heterocycles. The number of nitrogens with zero attached hydrogens (tertiary/aromatic N) is 2. The summed E-state index contributed by atoms with van der Waals surface area (Å²) in [5.41, 5.74) is 1.72. The first-order chi connectivity index (χ1) is 17.2. The first-order valence-electron chi connectivity index (χ1n) is 11.8. The van der Waals surface area contributed by atoms with Crippen LogP contribution in [0.1, 0.15) is 46.8 Å². The van der Waals surface area contributed by atoms with Crippen LogP contribution in [-0.2, 0) is 19.1 Å². The highest BCUT2D eigenvalue weighted by atomic mass is 19.1. The number of carbonyl (C=O) groups excluding carboxylic acids is 3. The van der Waals surface area contributed by atoms with Crippen molar-refractivity contribution in [2.24, 2.45) is 0 Å². The van der Waals surface area contributed by atoms with Gasteiger partial charge in [-0.05, 0) is 49.6 Å². The lowest BCUT2D eigenvalue weighted by Gasteiger charge is -2.31. The molecule has 2 heterocycles. The van der Waals surface area contributed by atoms with Gasteiger partial charge in [0.1, 0.15) is 11.9 Å². The molecule has 2 aromatic carbocycles. The number of benzene rings is 2. The van der Waals surface area contributed by atoms with Gasteiger partial charge in [-0.2, -0.15) is 0 Å². The summed E-state index contributed by atoms with van der Waals surface area (Å²) in [6, 6.07) is 11.0. The maximum absolute atomic E-state index is 13.6. The van der Waals surface area contributed by atoms with E-state index in [9.17, 15) is 28.7 Å². The molecule has 10 heteroatoms. The molecule has 9 nitrogen and oxygen atoms in total. The predicted molar refractivity (Wildman–Crippen MR) is 126 cm³/mol. The second-order valence-corrected chi connectivity index (χ2v) is 8.98. The van der Waals surface area contributed by atoms with Gasteiger partial charge >= 0.3 is 5.97 Å². The van der Waals surface area contributed by atoms with E-state index in [2.05, 4.69) is 5.32 Å². The molecule has 2 aromatic rings. The third-order valence-electron chi connectivity index (χ3n) is 6.42. The van der Waals surface area contributed by atoms with Crippen LogP contribution in [0.5, 0.6) is 0 Å². The van der Waals surface area contributed by atoms with E-state index in [1.54, 1.807) is 24.3 Å². The second kappa shape index (κ2) is 10.9. The fraction of sp³-hybridized carbons (Fsp3) is 0.385. The standard InChI is InChI=1S/C26H28FN3O6/c1-16-4-6-18(7-5-16)25(34)29-12-13-30(26(35)21-3-2-14-36-21)24(29)23(33)28-20(15-22(31)32)17-8-10-19(27)11-9-17/h4-11,20-21,24H,2-3,12-15H2,1H3,(H,28,33)(H,31,32). The minimum atomic E-state index is -1.28. The van der Waals surface area contributed by atoms with E-state index < -0.39 is 48.3 Å². The highest BCUT2D eigenvalue weighted by molar-refractivity contribution is 5.99. The SMILES string of the molecule is Cc1ccc(C(=O)N2CCN(C(=O)C3CCCO3)C2C(=O)NC(CC(=O)O)c2ccc(F)cc2)cc1. The molecule has 0 spiro atoms. The molecule has 0 saturated carbocycles. The third kappa shape index (κ3) is 5.54. The molecular formula is C26H28FN3O6. The van der Waals surface area contributed by atoms with E-state index >= 15 is 0 Å². The number of rotatable bonds is 7. The molecule has 3 amide bonds. The topological polar surface area (TPSA) is 116 Å². The molecule has 2 aliphatic rings. The first-order valence-corrected chi connectivity index (χ1v) is 11.8. The van der Waals surface area contributed by atoms with Gasteiger partial charge in [0.25, 0.3) is 17.7 Å².